The summed E-state index contributed by atoms with van der Waals surface area (Å²) in [5, 5.41) is 16.7. The summed E-state index contributed by atoms with van der Waals surface area (Å²) >= 11 is 0. The van der Waals surface area contributed by atoms with Crippen molar-refractivity contribution in [3.8, 4) is 11.5 Å². The lowest BCUT2D eigenvalue weighted by Gasteiger charge is -2.28. The van der Waals surface area contributed by atoms with Gasteiger partial charge in [-0.25, -0.2) is 4.99 Å². The van der Waals surface area contributed by atoms with E-state index in [9.17, 15) is 5.11 Å². The smallest absolute Gasteiger partial charge is 0.191 e. The van der Waals surface area contributed by atoms with Crippen molar-refractivity contribution in [2.45, 2.75) is 59.0 Å². The van der Waals surface area contributed by atoms with Gasteiger partial charge in [-0.3, -0.25) is 0 Å². The van der Waals surface area contributed by atoms with Crippen molar-refractivity contribution in [2.75, 3.05) is 13.2 Å². The number of halogens is 1. The number of hydrogen-bond acceptors (Lipinski definition) is 3. The number of phenolic OH excluding ortho intramolecular Hbond substituents is 1. The van der Waals surface area contributed by atoms with E-state index in [0.29, 0.717) is 24.9 Å². The second-order valence-corrected chi connectivity index (χ2v) is 6.53. The first-order valence-corrected chi connectivity index (χ1v) is 9.11. The van der Waals surface area contributed by atoms with E-state index in [1.807, 2.05) is 19.1 Å². The molecule has 142 valence electrons. The number of nitrogens with zero attached hydrogens (tertiary/aromatic N) is 1. The summed E-state index contributed by atoms with van der Waals surface area (Å²) in [5.74, 6) is 2.40. The molecule has 2 rings (SSSR count). The summed E-state index contributed by atoms with van der Waals surface area (Å²) in [6.45, 7) is 8.24. The van der Waals surface area contributed by atoms with Crippen LogP contribution >= 0.6 is 24.0 Å². The summed E-state index contributed by atoms with van der Waals surface area (Å²) in [7, 11) is 0. The minimum absolute atomic E-state index is 0. The summed E-state index contributed by atoms with van der Waals surface area (Å²) in [6, 6.07) is 5.91. The second-order valence-electron chi connectivity index (χ2n) is 6.53. The molecule has 0 amide bonds. The molecular formula is C19H32IN3O2. The van der Waals surface area contributed by atoms with Crippen LogP contribution in [0.5, 0.6) is 11.5 Å². The van der Waals surface area contributed by atoms with Gasteiger partial charge in [-0.2, -0.15) is 0 Å². The second kappa shape index (κ2) is 11.4. The predicted molar refractivity (Wildman–Crippen MR) is 114 cm³/mol. The van der Waals surface area contributed by atoms with Gasteiger partial charge in [0.1, 0.15) is 0 Å². The van der Waals surface area contributed by atoms with E-state index >= 15 is 0 Å². The summed E-state index contributed by atoms with van der Waals surface area (Å²) < 4.78 is 5.43. The van der Waals surface area contributed by atoms with Crippen LogP contribution in [0.2, 0.25) is 0 Å². The fourth-order valence-corrected chi connectivity index (χ4v) is 3.02. The van der Waals surface area contributed by atoms with Crippen molar-refractivity contribution in [1.29, 1.82) is 0 Å². The van der Waals surface area contributed by atoms with Crippen LogP contribution in [0.25, 0.3) is 0 Å². The Balaban J connectivity index is 0.00000312. The number of ether oxygens (including phenoxy) is 1. The largest absolute Gasteiger partial charge is 0.504 e. The molecule has 1 aliphatic rings. The number of guanidine groups is 1. The van der Waals surface area contributed by atoms with Crippen LogP contribution in [0.1, 0.15) is 52.0 Å². The number of nitrogens with one attached hydrogen (secondary N) is 2. The lowest BCUT2D eigenvalue weighted by molar-refractivity contribution is 0.318. The Labute approximate surface area is 168 Å². The van der Waals surface area contributed by atoms with Crippen molar-refractivity contribution in [1.82, 2.24) is 10.6 Å². The van der Waals surface area contributed by atoms with Gasteiger partial charge in [0.15, 0.2) is 17.5 Å². The zero-order chi connectivity index (χ0) is 17.4. The van der Waals surface area contributed by atoms with Gasteiger partial charge in [0.25, 0.3) is 0 Å². The fraction of sp³-hybridized carbons (Fsp3) is 0.632. The number of rotatable bonds is 6. The molecule has 0 saturated heterocycles. The van der Waals surface area contributed by atoms with Crippen molar-refractivity contribution in [3.63, 3.8) is 0 Å². The molecule has 25 heavy (non-hydrogen) atoms. The highest BCUT2D eigenvalue weighted by Gasteiger charge is 2.18. The molecule has 0 bridgehead atoms. The van der Waals surface area contributed by atoms with E-state index in [1.54, 1.807) is 6.07 Å². The molecule has 1 saturated carbocycles. The van der Waals surface area contributed by atoms with Gasteiger partial charge in [0, 0.05) is 12.6 Å². The predicted octanol–water partition coefficient (Wildman–Crippen LogP) is 4.04. The lowest BCUT2D eigenvalue weighted by atomic mass is 9.87. The third-order valence-corrected chi connectivity index (χ3v) is 4.44. The van der Waals surface area contributed by atoms with Crippen LogP contribution in [0, 0.1) is 5.92 Å². The minimum atomic E-state index is 0. The Morgan fingerprint density at radius 3 is 2.60 bits per heavy atom. The molecule has 1 fully saturated rings. The van der Waals surface area contributed by atoms with E-state index in [2.05, 4.69) is 29.5 Å². The maximum Gasteiger partial charge on any atom is 0.191 e. The van der Waals surface area contributed by atoms with Gasteiger partial charge >= 0.3 is 0 Å². The van der Waals surface area contributed by atoms with Gasteiger partial charge in [-0.15, -0.1) is 24.0 Å². The molecule has 0 unspecified atom stereocenters. The average Bonchev–Trinajstić information content (AvgIpc) is 2.58. The molecule has 0 aromatic heterocycles. The Kier molecular flexibility index (Phi) is 10.0. The topological polar surface area (TPSA) is 65.9 Å². The van der Waals surface area contributed by atoms with Crippen LogP contribution in [0.3, 0.4) is 0 Å². The highest BCUT2D eigenvalue weighted by molar-refractivity contribution is 14.0. The number of benzene rings is 1. The average molecular weight is 461 g/mol. The first-order chi connectivity index (χ1) is 11.6. The van der Waals surface area contributed by atoms with E-state index in [1.165, 1.54) is 25.7 Å². The molecule has 0 radical (unpaired) electrons. The zero-order valence-electron chi connectivity index (χ0n) is 15.5. The lowest BCUT2D eigenvalue weighted by Crippen LogP contribution is -2.44. The van der Waals surface area contributed by atoms with Crippen molar-refractivity contribution < 1.29 is 9.84 Å². The van der Waals surface area contributed by atoms with E-state index in [4.69, 9.17) is 4.74 Å². The number of hydrogen-bond donors (Lipinski definition) is 3. The molecular weight excluding hydrogens is 429 g/mol. The molecule has 0 atom stereocenters. The van der Waals surface area contributed by atoms with Crippen LogP contribution in [0.15, 0.2) is 23.2 Å². The van der Waals surface area contributed by atoms with Gasteiger partial charge in [-0.05, 0) is 63.1 Å². The van der Waals surface area contributed by atoms with Crippen LogP contribution in [-0.2, 0) is 6.54 Å². The first kappa shape index (κ1) is 21.9. The maximum absolute atomic E-state index is 9.78. The summed E-state index contributed by atoms with van der Waals surface area (Å²) in [4.78, 5) is 4.68. The van der Waals surface area contributed by atoms with Crippen molar-refractivity contribution in [2.24, 2.45) is 10.9 Å². The Morgan fingerprint density at radius 2 is 1.96 bits per heavy atom. The van der Waals surface area contributed by atoms with Gasteiger partial charge in [0.05, 0.1) is 13.2 Å². The quantitative estimate of drug-likeness (QED) is 0.340. The maximum atomic E-state index is 9.78. The van der Waals surface area contributed by atoms with Gasteiger partial charge in [0.2, 0.25) is 0 Å². The first-order valence-electron chi connectivity index (χ1n) is 9.11. The zero-order valence-corrected chi connectivity index (χ0v) is 17.9. The molecule has 6 heteroatoms. The highest BCUT2D eigenvalue weighted by atomic mass is 127. The van der Waals surface area contributed by atoms with Crippen LogP contribution in [-0.4, -0.2) is 30.3 Å². The van der Waals surface area contributed by atoms with Gasteiger partial charge in [-0.1, -0.05) is 13.0 Å². The molecule has 1 aliphatic carbocycles. The monoisotopic (exact) mass is 461 g/mol. The summed E-state index contributed by atoms with van der Waals surface area (Å²) in [5.41, 5.74) is 1.02. The van der Waals surface area contributed by atoms with E-state index < -0.39 is 0 Å². The minimum Gasteiger partial charge on any atom is -0.504 e. The Bertz CT molecular complexity index is 543. The molecule has 0 aliphatic heterocycles. The van der Waals surface area contributed by atoms with Crippen molar-refractivity contribution in [3.05, 3.63) is 23.8 Å². The number of phenols is 1. The molecule has 0 spiro atoms. The van der Waals surface area contributed by atoms with Crippen molar-refractivity contribution >= 4 is 29.9 Å². The Morgan fingerprint density at radius 1 is 1.24 bits per heavy atom. The highest BCUT2D eigenvalue weighted by Crippen LogP contribution is 2.27. The van der Waals surface area contributed by atoms with E-state index in [-0.39, 0.29) is 29.7 Å². The molecule has 0 heterocycles. The van der Waals surface area contributed by atoms with Gasteiger partial charge < -0.3 is 20.5 Å². The van der Waals surface area contributed by atoms with Crippen LogP contribution < -0.4 is 15.4 Å². The standard InChI is InChI=1S/C19H31N3O2.HI/c1-4-20-19(22-16-9-6-14(3)7-10-16)21-13-15-8-11-17(23)18(12-15)24-5-2;/h8,11-12,14,16,23H,4-7,9-10,13H2,1-3H3,(H2,20,21,22);1H. The molecule has 1 aromatic rings. The fourth-order valence-electron chi connectivity index (χ4n) is 3.02. The third kappa shape index (κ3) is 7.30. The SMILES string of the molecule is CCNC(=NCc1ccc(O)c(OCC)c1)NC1CCC(C)CC1.I. The summed E-state index contributed by atoms with van der Waals surface area (Å²) in [6.07, 6.45) is 4.98. The number of aromatic hydroxyl groups is 1. The normalized spacial score (nSPS) is 20.5. The molecule has 3 N–H and O–H groups in total. The molecule has 1 aromatic carbocycles. The number of aliphatic imine (C=N–C) groups is 1. The van der Waals surface area contributed by atoms with E-state index in [0.717, 1.165) is 24.0 Å². The third-order valence-electron chi connectivity index (χ3n) is 4.44. The molecule has 5 nitrogen and oxygen atoms in total. The Hall–Kier alpha value is -1.18. The van der Waals surface area contributed by atoms with Crippen LogP contribution in [0.4, 0.5) is 0 Å².